The minimum Gasteiger partial charge on any atom is -0.250 e. The summed E-state index contributed by atoms with van der Waals surface area (Å²) in [5.74, 6) is 0. The van der Waals surface area contributed by atoms with Crippen LogP contribution in [0.3, 0.4) is 0 Å². The van der Waals surface area contributed by atoms with Gasteiger partial charge in [-0.05, 0) is 19.8 Å². The van der Waals surface area contributed by atoms with Crippen LogP contribution in [0, 0.1) is 6.92 Å². The largest absolute Gasteiger partial charge is 0.250 e. The van der Waals surface area contributed by atoms with Crippen LogP contribution in [0.1, 0.15) is 23.5 Å². The molecule has 60 valence electrons. The lowest BCUT2D eigenvalue weighted by Crippen LogP contribution is -2.08. The number of thiazole rings is 1. The van der Waals surface area contributed by atoms with Crippen molar-refractivity contribution in [2.45, 2.75) is 25.2 Å². The number of rotatable bonds is 2. The molecule has 0 saturated heterocycles. The highest BCUT2D eigenvalue weighted by molar-refractivity contribution is 7.09. The summed E-state index contributed by atoms with van der Waals surface area (Å²) in [6, 6.07) is 0. The van der Waals surface area contributed by atoms with E-state index in [-0.39, 0.29) is 12.1 Å². The molecule has 0 atom stereocenters. The average molecular weight is 171 g/mol. The van der Waals surface area contributed by atoms with Gasteiger partial charge in [-0.1, -0.05) is 0 Å². The molecule has 1 fully saturated rings. The van der Waals surface area contributed by atoms with E-state index in [1.807, 2.05) is 12.3 Å². The van der Waals surface area contributed by atoms with Crippen LogP contribution in [0.25, 0.3) is 0 Å². The zero-order chi connectivity index (χ0) is 7.90. The third-order valence-electron chi connectivity index (χ3n) is 2.27. The van der Waals surface area contributed by atoms with Gasteiger partial charge in [0.25, 0.3) is 0 Å². The van der Waals surface area contributed by atoms with Crippen molar-refractivity contribution in [1.29, 1.82) is 0 Å². The van der Waals surface area contributed by atoms with Crippen LogP contribution in [0.2, 0.25) is 0 Å². The lowest BCUT2D eigenvalue weighted by Gasteiger charge is -2.04. The van der Waals surface area contributed by atoms with Gasteiger partial charge in [-0.25, -0.2) is 4.98 Å². The van der Waals surface area contributed by atoms with Crippen molar-refractivity contribution in [3.8, 4) is 0 Å². The molecule has 0 spiro atoms. The summed E-state index contributed by atoms with van der Waals surface area (Å²) in [5, 5.41) is 3.03. The Kier molecular flexibility index (Phi) is 1.49. The van der Waals surface area contributed by atoms with Gasteiger partial charge >= 0.3 is 0 Å². The second kappa shape index (κ2) is 2.27. The van der Waals surface area contributed by atoms with Crippen LogP contribution in [0.5, 0.6) is 0 Å². The Morgan fingerprint density at radius 1 is 1.73 bits per heavy atom. The first-order valence-corrected chi connectivity index (χ1v) is 4.63. The van der Waals surface area contributed by atoms with E-state index >= 15 is 0 Å². The SMILES string of the molecule is Cc1nc(C2(CF)CC2)cs1. The van der Waals surface area contributed by atoms with E-state index < -0.39 is 0 Å². The Bertz CT molecular complexity index is 265. The Balaban J connectivity index is 2.29. The average Bonchev–Trinajstić information content (AvgIpc) is 2.70. The molecule has 0 amide bonds. The van der Waals surface area contributed by atoms with E-state index in [2.05, 4.69) is 4.98 Å². The molecule has 0 aromatic carbocycles. The maximum Gasteiger partial charge on any atom is 0.101 e. The Morgan fingerprint density at radius 2 is 2.45 bits per heavy atom. The van der Waals surface area contributed by atoms with Crippen LogP contribution in [-0.4, -0.2) is 11.7 Å². The van der Waals surface area contributed by atoms with Crippen molar-refractivity contribution in [2.75, 3.05) is 6.67 Å². The number of hydrogen-bond acceptors (Lipinski definition) is 2. The van der Waals surface area contributed by atoms with E-state index in [4.69, 9.17) is 0 Å². The minimum atomic E-state index is -0.240. The fourth-order valence-electron chi connectivity index (χ4n) is 1.22. The highest BCUT2D eigenvalue weighted by Gasteiger charge is 2.46. The first-order valence-electron chi connectivity index (χ1n) is 3.75. The Labute approximate surface area is 69.3 Å². The zero-order valence-electron chi connectivity index (χ0n) is 6.43. The molecule has 1 aromatic heterocycles. The fourth-order valence-corrected chi connectivity index (χ4v) is 1.95. The highest BCUT2D eigenvalue weighted by atomic mass is 32.1. The predicted molar refractivity (Wildman–Crippen MR) is 43.7 cm³/mol. The van der Waals surface area contributed by atoms with E-state index in [1.54, 1.807) is 11.3 Å². The fraction of sp³-hybridized carbons (Fsp3) is 0.625. The third kappa shape index (κ3) is 1.07. The molecule has 0 unspecified atom stereocenters. The molecule has 2 rings (SSSR count). The number of halogens is 1. The summed E-state index contributed by atoms with van der Waals surface area (Å²) >= 11 is 1.61. The van der Waals surface area contributed by atoms with Gasteiger partial charge < -0.3 is 0 Å². The third-order valence-corrected chi connectivity index (χ3v) is 3.05. The molecule has 0 bridgehead atoms. The number of aryl methyl sites for hydroxylation is 1. The van der Waals surface area contributed by atoms with Crippen molar-refractivity contribution in [3.05, 3.63) is 16.1 Å². The summed E-state index contributed by atoms with van der Waals surface area (Å²) in [4.78, 5) is 4.29. The van der Waals surface area contributed by atoms with E-state index in [0.29, 0.717) is 0 Å². The normalized spacial score (nSPS) is 20.2. The van der Waals surface area contributed by atoms with Gasteiger partial charge in [0, 0.05) is 10.8 Å². The second-order valence-electron chi connectivity index (χ2n) is 3.17. The van der Waals surface area contributed by atoms with Gasteiger partial charge in [-0.2, -0.15) is 0 Å². The van der Waals surface area contributed by atoms with Gasteiger partial charge in [-0.15, -0.1) is 11.3 Å². The summed E-state index contributed by atoms with van der Waals surface area (Å²) in [6.07, 6.45) is 1.96. The number of hydrogen-bond donors (Lipinski definition) is 0. The molecule has 1 aliphatic carbocycles. The molecule has 0 aliphatic heterocycles. The van der Waals surface area contributed by atoms with Crippen LogP contribution in [0.4, 0.5) is 4.39 Å². The lowest BCUT2D eigenvalue weighted by molar-refractivity contribution is 0.413. The van der Waals surface area contributed by atoms with Crippen molar-refractivity contribution in [1.82, 2.24) is 4.98 Å². The van der Waals surface area contributed by atoms with Crippen LogP contribution in [-0.2, 0) is 5.41 Å². The molecule has 1 aliphatic rings. The van der Waals surface area contributed by atoms with Gasteiger partial charge in [0.1, 0.15) is 6.67 Å². The number of aromatic nitrogens is 1. The van der Waals surface area contributed by atoms with E-state index in [9.17, 15) is 4.39 Å². The smallest absolute Gasteiger partial charge is 0.101 e. The minimum absolute atomic E-state index is 0.162. The van der Waals surface area contributed by atoms with Crippen LogP contribution < -0.4 is 0 Å². The maximum atomic E-state index is 12.5. The Hall–Kier alpha value is -0.440. The molecule has 3 heteroatoms. The second-order valence-corrected chi connectivity index (χ2v) is 4.23. The quantitative estimate of drug-likeness (QED) is 0.666. The summed E-state index contributed by atoms with van der Waals surface area (Å²) in [7, 11) is 0. The standard InChI is InChI=1S/C8H10FNS/c1-6-10-7(4-11-6)8(5-9)2-3-8/h4H,2-3,5H2,1H3. The topological polar surface area (TPSA) is 12.9 Å². The predicted octanol–water partition coefficient (Wildman–Crippen LogP) is 2.45. The van der Waals surface area contributed by atoms with Crippen LogP contribution >= 0.6 is 11.3 Å². The van der Waals surface area contributed by atoms with Gasteiger partial charge in [-0.3, -0.25) is 4.39 Å². The summed E-state index contributed by atoms with van der Waals surface area (Å²) in [5.41, 5.74) is 0.813. The van der Waals surface area contributed by atoms with Gasteiger partial charge in [0.05, 0.1) is 10.7 Å². The molecule has 1 saturated carbocycles. The van der Waals surface area contributed by atoms with E-state index in [0.717, 1.165) is 23.5 Å². The van der Waals surface area contributed by atoms with Crippen molar-refractivity contribution in [3.63, 3.8) is 0 Å². The molecule has 11 heavy (non-hydrogen) atoms. The molecule has 1 aromatic rings. The molecule has 1 nitrogen and oxygen atoms in total. The monoisotopic (exact) mass is 171 g/mol. The van der Waals surface area contributed by atoms with Crippen molar-refractivity contribution < 1.29 is 4.39 Å². The molecular formula is C8H10FNS. The first-order chi connectivity index (χ1) is 5.27. The van der Waals surface area contributed by atoms with Crippen molar-refractivity contribution in [2.24, 2.45) is 0 Å². The van der Waals surface area contributed by atoms with Crippen LogP contribution in [0.15, 0.2) is 5.38 Å². The zero-order valence-corrected chi connectivity index (χ0v) is 7.25. The summed E-state index contributed by atoms with van der Waals surface area (Å²) < 4.78 is 12.5. The number of alkyl halides is 1. The number of nitrogens with zero attached hydrogens (tertiary/aromatic N) is 1. The first kappa shape index (κ1) is 7.22. The maximum absolute atomic E-state index is 12.5. The molecule has 0 N–H and O–H groups in total. The lowest BCUT2D eigenvalue weighted by atomic mass is 10.1. The van der Waals surface area contributed by atoms with E-state index in [1.165, 1.54) is 0 Å². The summed E-state index contributed by atoms with van der Waals surface area (Å²) in [6.45, 7) is 1.72. The van der Waals surface area contributed by atoms with Gasteiger partial charge in [0.15, 0.2) is 0 Å². The molecular weight excluding hydrogens is 161 g/mol. The van der Waals surface area contributed by atoms with Gasteiger partial charge in [0.2, 0.25) is 0 Å². The Morgan fingerprint density at radius 3 is 2.82 bits per heavy atom. The molecule has 0 radical (unpaired) electrons. The van der Waals surface area contributed by atoms with Crippen molar-refractivity contribution >= 4 is 11.3 Å². The molecule has 1 heterocycles. The highest BCUT2D eigenvalue weighted by Crippen LogP contribution is 2.48.